The van der Waals surface area contributed by atoms with Gasteiger partial charge in [-0.15, -0.1) is 0 Å². The monoisotopic (exact) mass is 331 g/mol. The number of hydrogen-bond acceptors (Lipinski definition) is 4. The minimum Gasteiger partial charge on any atom is -0.463 e. The van der Waals surface area contributed by atoms with Crippen LogP contribution in [0.1, 0.15) is 12.2 Å². The lowest BCUT2D eigenvalue weighted by atomic mass is 10.1. The number of carbonyl (C=O) groups excluding carboxylic acids is 2. The molecule has 1 aliphatic heterocycles. The lowest BCUT2D eigenvalue weighted by Crippen LogP contribution is -2.30. The van der Waals surface area contributed by atoms with E-state index in [1.54, 1.807) is 41.3 Å². The van der Waals surface area contributed by atoms with Crippen LogP contribution in [0.4, 0.5) is 5.69 Å². The van der Waals surface area contributed by atoms with Crippen molar-refractivity contribution in [3.8, 4) is 0 Å². The summed E-state index contributed by atoms with van der Waals surface area (Å²) < 4.78 is 5.07. The molecule has 0 bridgehead atoms. The maximum Gasteiger partial charge on any atom is 0.245 e. The highest BCUT2D eigenvalue weighted by Gasteiger charge is 2.35. The van der Waals surface area contributed by atoms with E-state index in [2.05, 4.69) is 10.5 Å². The quantitative estimate of drug-likeness (QED) is 0.690. The average Bonchev–Trinajstić information content (AvgIpc) is 3.18. The van der Waals surface area contributed by atoms with Crippen molar-refractivity contribution < 1.29 is 14.0 Å². The summed E-state index contributed by atoms with van der Waals surface area (Å²) in [4.78, 5) is 25.8. The Kier molecular flexibility index (Phi) is 4.43. The Bertz CT molecular complexity index is 726. The lowest BCUT2D eigenvalue weighted by Gasteiger charge is -2.16. The van der Waals surface area contributed by atoms with E-state index in [9.17, 15) is 9.59 Å². The number of amides is 2. The second kappa shape index (κ2) is 6.66. The van der Waals surface area contributed by atoms with E-state index in [1.807, 2.05) is 0 Å². The van der Waals surface area contributed by atoms with Gasteiger partial charge in [-0.25, -0.2) is 5.43 Å². The second-order valence-corrected chi connectivity index (χ2v) is 5.57. The molecule has 1 aromatic heterocycles. The Hall–Kier alpha value is -2.60. The van der Waals surface area contributed by atoms with Crippen LogP contribution in [0.25, 0.3) is 0 Å². The van der Waals surface area contributed by atoms with Crippen LogP contribution in [-0.2, 0) is 9.59 Å². The molecule has 0 spiro atoms. The van der Waals surface area contributed by atoms with Gasteiger partial charge in [0.25, 0.3) is 0 Å². The number of hydrogen-bond donors (Lipinski definition) is 1. The predicted octanol–water partition coefficient (Wildman–Crippen LogP) is 2.44. The Morgan fingerprint density at radius 1 is 1.35 bits per heavy atom. The molecule has 1 saturated heterocycles. The normalized spacial score (nSPS) is 17.9. The molecule has 1 aromatic carbocycles. The first kappa shape index (κ1) is 15.3. The highest BCUT2D eigenvalue weighted by molar-refractivity contribution is 6.30. The van der Waals surface area contributed by atoms with Crippen LogP contribution in [0.3, 0.4) is 0 Å². The van der Waals surface area contributed by atoms with Crippen LogP contribution in [0, 0.1) is 5.92 Å². The topological polar surface area (TPSA) is 74.9 Å². The summed E-state index contributed by atoms with van der Waals surface area (Å²) in [5, 5.41) is 4.43. The van der Waals surface area contributed by atoms with Crippen molar-refractivity contribution >= 4 is 35.3 Å². The molecule has 1 atom stereocenters. The van der Waals surface area contributed by atoms with Gasteiger partial charge < -0.3 is 9.32 Å². The minimum atomic E-state index is -0.438. The van der Waals surface area contributed by atoms with Gasteiger partial charge in [0, 0.05) is 23.7 Å². The number of anilines is 1. The van der Waals surface area contributed by atoms with Crippen LogP contribution >= 0.6 is 11.6 Å². The largest absolute Gasteiger partial charge is 0.463 e. The molecule has 7 heteroatoms. The molecule has 1 fully saturated rings. The molecular weight excluding hydrogens is 318 g/mol. The van der Waals surface area contributed by atoms with Gasteiger partial charge in [0.05, 0.1) is 18.4 Å². The number of halogens is 1. The lowest BCUT2D eigenvalue weighted by molar-refractivity contribution is -0.126. The van der Waals surface area contributed by atoms with Crippen LogP contribution in [0.2, 0.25) is 5.02 Å². The third kappa shape index (κ3) is 3.60. The van der Waals surface area contributed by atoms with Gasteiger partial charge in [0.2, 0.25) is 11.8 Å². The van der Waals surface area contributed by atoms with Gasteiger partial charge >= 0.3 is 0 Å². The van der Waals surface area contributed by atoms with Crippen LogP contribution in [0.15, 0.2) is 52.2 Å². The molecule has 1 aliphatic rings. The summed E-state index contributed by atoms with van der Waals surface area (Å²) in [6.07, 6.45) is 3.08. The van der Waals surface area contributed by atoms with Gasteiger partial charge in [-0.2, -0.15) is 5.10 Å². The first-order chi connectivity index (χ1) is 11.1. The molecule has 118 valence electrons. The number of nitrogens with zero attached hydrogens (tertiary/aromatic N) is 2. The zero-order valence-corrected chi connectivity index (χ0v) is 12.9. The molecule has 3 rings (SSSR count). The molecule has 2 amide bonds. The molecule has 0 unspecified atom stereocenters. The van der Waals surface area contributed by atoms with E-state index in [-0.39, 0.29) is 18.2 Å². The summed E-state index contributed by atoms with van der Waals surface area (Å²) in [6, 6.07) is 10.4. The number of hydrazone groups is 1. The van der Waals surface area contributed by atoms with Gasteiger partial charge in [-0.3, -0.25) is 9.59 Å². The fourth-order valence-corrected chi connectivity index (χ4v) is 2.50. The maximum atomic E-state index is 12.1. The maximum absolute atomic E-state index is 12.1. The highest BCUT2D eigenvalue weighted by atomic mass is 35.5. The smallest absolute Gasteiger partial charge is 0.245 e. The van der Waals surface area contributed by atoms with E-state index in [1.165, 1.54) is 12.5 Å². The van der Waals surface area contributed by atoms with Gasteiger partial charge in [-0.1, -0.05) is 11.6 Å². The van der Waals surface area contributed by atoms with Crippen molar-refractivity contribution in [3.05, 3.63) is 53.4 Å². The molecular formula is C16H14ClN3O3. The molecule has 0 radical (unpaired) electrons. The van der Waals surface area contributed by atoms with Crippen molar-refractivity contribution in [2.24, 2.45) is 11.0 Å². The number of nitrogens with one attached hydrogen (secondary N) is 1. The number of benzene rings is 1. The molecule has 0 saturated carbocycles. The van der Waals surface area contributed by atoms with E-state index < -0.39 is 5.92 Å². The minimum absolute atomic E-state index is 0.0949. The summed E-state index contributed by atoms with van der Waals surface area (Å²) in [5.74, 6) is -0.289. The first-order valence-corrected chi connectivity index (χ1v) is 7.43. The van der Waals surface area contributed by atoms with E-state index in [0.29, 0.717) is 17.3 Å². The Balaban J connectivity index is 1.60. The zero-order chi connectivity index (χ0) is 16.2. The third-order valence-corrected chi connectivity index (χ3v) is 3.80. The Morgan fingerprint density at radius 3 is 2.83 bits per heavy atom. The summed E-state index contributed by atoms with van der Waals surface area (Å²) in [6.45, 7) is 0.322. The summed E-state index contributed by atoms with van der Waals surface area (Å²) >= 11 is 5.84. The van der Waals surface area contributed by atoms with Crippen molar-refractivity contribution in [3.63, 3.8) is 0 Å². The van der Waals surface area contributed by atoms with Gasteiger partial charge in [-0.05, 0) is 36.4 Å². The molecule has 6 nitrogen and oxygen atoms in total. The zero-order valence-electron chi connectivity index (χ0n) is 12.1. The second-order valence-electron chi connectivity index (χ2n) is 5.13. The number of furan rings is 1. The molecule has 2 heterocycles. The fourth-order valence-electron chi connectivity index (χ4n) is 2.37. The van der Waals surface area contributed by atoms with Gasteiger partial charge in [0.15, 0.2) is 0 Å². The third-order valence-electron chi connectivity index (χ3n) is 3.54. The van der Waals surface area contributed by atoms with E-state index in [4.69, 9.17) is 16.0 Å². The summed E-state index contributed by atoms with van der Waals surface area (Å²) in [5.41, 5.74) is 3.17. The highest BCUT2D eigenvalue weighted by Crippen LogP contribution is 2.26. The molecule has 0 aliphatic carbocycles. The Labute approximate surface area is 137 Å². The molecule has 1 N–H and O–H groups in total. The van der Waals surface area contributed by atoms with Crippen LogP contribution in [0.5, 0.6) is 0 Å². The van der Waals surface area contributed by atoms with Gasteiger partial charge in [0.1, 0.15) is 5.76 Å². The SMILES string of the molecule is O=C(N/N=C\c1ccco1)[C@@H]1CC(=O)N(c2ccc(Cl)cc2)C1. The first-order valence-electron chi connectivity index (χ1n) is 7.06. The average molecular weight is 332 g/mol. The van der Waals surface area contributed by atoms with E-state index in [0.717, 1.165) is 5.69 Å². The standard InChI is InChI=1S/C16H14ClN3O3/c17-12-3-5-13(6-4-12)20-10-11(8-15(20)21)16(22)19-18-9-14-2-1-7-23-14/h1-7,9,11H,8,10H2,(H,19,22)/b18-9-/t11-/m1/s1. The predicted molar refractivity (Wildman–Crippen MR) is 86.4 cm³/mol. The molecule has 2 aromatic rings. The van der Waals surface area contributed by atoms with Crippen molar-refractivity contribution in [2.45, 2.75) is 6.42 Å². The van der Waals surface area contributed by atoms with E-state index >= 15 is 0 Å². The Morgan fingerprint density at radius 2 is 2.13 bits per heavy atom. The molecule has 23 heavy (non-hydrogen) atoms. The fraction of sp³-hybridized carbons (Fsp3) is 0.188. The van der Waals surface area contributed by atoms with Crippen molar-refractivity contribution in [1.29, 1.82) is 0 Å². The van der Waals surface area contributed by atoms with Crippen molar-refractivity contribution in [1.82, 2.24) is 5.43 Å². The van der Waals surface area contributed by atoms with Crippen LogP contribution in [-0.4, -0.2) is 24.6 Å². The number of rotatable bonds is 4. The number of carbonyl (C=O) groups is 2. The van der Waals surface area contributed by atoms with Crippen LogP contribution < -0.4 is 10.3 Å². The summed E-state index contributed by atoms with van der Waals surface area (Å²) in [7, 11) is 0. The van der Waals surface area contributed by atoms with Crippen molar-refractivity contribution in [2.75, 3.05) is 11.4 Å².